The lowest BCUT2D eigenvalue weighted by molar-refractivity contribution is 0.0696. The van der Waals surface area contributed by atoms with Crippen molar-refractivity contribution in [2.24, 2.45) is 0 Å². The van der Waals surface area contributed by atoms with E-state index in [4.69, 9.17) is 5.11 Å². The van der Waals surface area contributed by atoms with Gasteiger partial charge in [0.05, 0.1) is 5.56 Å². The second-order valence-electron chi connectivity index (χ2n) is 4.14. The number of carbonyl (C=O) groups is 2. The van der Waals surface area contributed by atoms with Gasteiger partial charge in [0.15, 0.2) is 5.78 Å². The first-order valence-electron chi connectivity index (χ1n) is 5.67. The zero-order valence-electron chi connectivity index (χ0n) is 10.3. The summed E-state index contributed by atoms with van der Waals surface area (Å²) in [7, 11) is 0. The average molecular weight is 256 g/mol. The van der Waals surface area contributed by atoms with Gasteiger partial charge >= 0.3 is 5.97 Å². The van der Waals surface area contributed by atoms with Gasteiger partial charge in [-0.25, -0.2) is 4.79 Å². The Morgan fingerprint density at radius 1 is 1.00 bits per heavy atom. The minimum atomic E-state index is -1.08. The molecular weight excluding hydrogens is 244 g/mol. The molecule has 2 N–H and O–H groups in total. The third-order valence-electron chi connectivity index (χ3n) is 2.84. The molecule has 0 aliphatic carbocycles. The van der Waals surface area contributed by atoms with Crippen LogP contribution in [-0.2, 0) is 0 Å². The molecule has 0 bridgehead atoms. The molecule has 0 unspecified atom stereocenters. The van der Waals surface area contributed by atoms with Crippen molar-refractivity contribution in [3.8, 4) is 16.9 Å². The second kappa shape index (κ2) is 4.94. The molecule has 2 aromatic rings. The first kappa shape index (κ1) is 12.8. The van der Waals surface area contributed by atoms with Crippen molar-refractivity contribution >= 4 is 11.8 Å². The first-order chi connectivity index (χ1) is 9.00. The highest BCUT2D eigenvalue weighted by Crippen LogP contribution is 2.32. The Morgan fingerprint density at radius 2 is 1.68 bits per heavy atom. The summed E-state index contributed by atoms with van der Waals surface area (Å²) in [5, 5.41) is 18.8. The maximum atomic E-state index is 11.6. The molecule has 4 heteroatoms. The van der Waals surface area contributed by atoms with Gasteiger partial charge in [-0.2, -0.15) is 0 Å². The fourth-order valence-corrected chi connectivity index (χ4v) is 1.91. The number of hydrogen-bond donors (Lipinski definition) is 2. The van der Waals surface area contributed by atoms with Crippen LogP contribution < -0.4 is 0 Å². The molecule has 96 valence electrons. The summed E-state index contributed by atoms with van der Waals surface area (Å²) in [6.45, 7) is 1.43. The van der Waals surface area contributed by atoms with Crippen LogP contribution in [0.2, 0.25) is 0 Å². The summed E-state index contributed by atoms with van der Waals surface area (Å²) >= 11 is 0. The predicted molar refractivity (Wildman–Crippen MR) is 70.5 cm³/mol. The van der Waals surface area contributed by atoms with Crippen LogP contribution in [-0.4, -0.2) is 22.0 Å². The molecule has 0 spiro atoms. The highest BCUT2D eigenvalue weighted by Gasteiger charge is 2.14. The highest BCUT2D eigenvalue weighted by molar-refractivity contribution is 6.02. The molecule has 0 saturated carbocycles. The Labute approximate surface area is 109 Å². The lowest BCUT2D eigenvalue weighted by atomic mass is 9.95. The van der Waals surface area contributed by atoms with Crippen molar-refractivity contribution in [2.75, 3.05) is 0 Å². The molecule has 0 fully saturated rings. The molecule has 0 radical (unpaired) electrons. The number of Topliss-reactive ketones (excluding diaryl/α,β-unsaturated/α-hetero) is 1. The molecule has 4 nitrogen and oxygen atoms in total. The fraction of sp³-hybridized carbons (Fsp3) is 0.0667. The minimum Gasteiger partial charge on any atom is -0.507 e. The van der Waals surface area contributed by atoms with Crippen LogP contribution in [0.1, 0.15) is 27.6 Å². The number of phenolic OH excluding ortho intramolecular Hbond substituents is 1. The molecule has 0 aromatic heterocycles. The average Bonchev–Trinajstić information content (AvgIpc) is 2.39. The topological polar surface area (TPSA) is 74.6 Å². The van der Waals surface area contributed by atoms with Crippen molar-refractivity contribution in [1.29, 1.82) is 0 Å². The van der Waals surface area contributed by atoms with E-state index in [2.05, 4.69) is 0 Å². The van der Waals surface area contributed by atoms with Gasteiger partial charge in [0.2, 0.25) is 0 Å². The number of carbonyl (C=O) groups excluding carboxylic acids is 1. The maximum absolute atomic E-state index is 11.6. The van der Waals surface area contributed by atoms with Gasteiger partial charge in [-0.15, -0.1) is 0 Å². The van der Waals surface area contributed by atoms with Crippen molar-refractivity contribution in [3.05, 3.63) is 53.6 Å². The van der Waals surface area contributed by atoms with E-state index in [9.17, 15) is 14.7 Å². The lowest BCUT2D eigenvalue weighted by Gasteiger charge is -2.09. The van der Waals surface area contributed by atoms with E-state index in [1.54, 1.807) is 24.3 Å². The number of benzene rings is 2. The number of rotatable bonds is 3. The Bertz CT molecular complexity index is 659. The molecule has 0 amide bonds. The number of carboxylic acids is 1. The van der Waals surface area contributed by atoms with E-state index >= 15 is 0 Å². The number of aromatic hydroxyl groups is 1. The molecule has 19 heavy (non-hydrogen) atoms. The lowest BCUT2D eigenvalue weighted by Crippen LogP contribution is -1.99. The number of phenols is 1. The van der Waals surface area contributed by atoms with E-state index < -0.39 is 5.97 Å². The summed E-state index contributed by atoms with van der Waals surface area (Å²) in [6, 6.07) is 10.8. The molecule has 2 rings (SSSR count). The van der Waals surface area contributed by atoms with E-state index in [1.165, 1.54) is 25.1 Å². The van der Waals surface area contributed by atoms with E-state index in [1.807, 2.05) is 0 Å². The maximum Gasteiger partial charge on any atom is 0.335 e. The molecule has 0 aliphatic rings. The SMILES string of the molecule is CC(=O)c1ccccc1-c1cc(C(=O)O)ccc1O. The van der Waals surface area contributed by atoms with Gasteiger partial charge in [0.1, 0.15) is 5.75 Å². The Balaban J connectivity index is 2.68. The third-order valence-corrected chi connectivity index (χ3v) is 2.84. The van der Waals surface area contributed by atoms with Gasteiger partial charge in [0, 0.05) is 11.1 Å². The number of hydrogen-bond acceptors (Lipinski definition) is 3. The van der Waals surface area contributed by atoms with Crippen LogP contribution in [0.3, 0.4) is 0 Å². The Morgan fingerprint density at radius 3 is 2.32 bits per heavy atom. The molecule has 0 aliphatic heterocycles. The van der Waals surface area contributed by atoms with Gasteiger partial charge in [-0.3, -0.25) is 4.79 Å². The minimum absolute atomic E-state index is 0.0568. The summed E-state index contributed by atoms with van der Waals surface area (Å²) in [5.41, 5.74) is 1.37. The quantitative estimate of drug-likeness (QED) is 0.828. The second-order valence-corrected chi connectivity index (χ2v) is 4.14. The summed E-state index contributed by atoms with van der Waals surface area (Å²) in [6.07, 6.45) is 0. The normalized spacial score (nSPS) is 10.2. The van der Waals surface area contributed by atoms with Crippen LogP contribution in [0.25, 0.3) is 11.1 Å². The molecule has 0 saturated heterocycles. The van der Waals surface area contributed by atoms with Crippen molar-refractivity contribution in [1.82, 2.24) is 0 Å². The molecule has 2 aromatic carbocycles. The fourth-order valence-electron chi connectivity index (χ4n) is 1.91. The van der Waals surface area contributed by atoms with Gasteiger partial charge in [-0.1, -0.05) is 24.3 Å². The number of carboxylic acid groups (broad SMARTS) is 1. The van der Waals surface area contributed by atoms with Gasteiger partial charge in [0.25, 0.3) is 0 Å². The van der Waals surface area contributed by atoms with Crippen LogP contribution >= 0.6 is 0 Å². The number of aromatic carboxylic acids is 1. The Hall–Kier alpha value is -2.62. The Kier molecular flexibility index (Phi) is 3.33. The van der Waals surface area contributed by atoms with Crippen LogP contribution in [0, 0.1) is 0 Å². The number of ketones is 1. The van der Waals surface area contributed by atoms with E-state index in [-0.39, 0.29) is 17.1 Å². The zero-order valence-corrected chi connectivity index (χ0v) is 10.3. The summed E-state index contributed by atoms with van der Waals surface area (Å²) in [4.78, 5) is 22.5. The van der Waals surface area contributed by atoms with Crippen LogP contribution in [0.4, 0.5) is 0 Å². The van der Waals surface area contributed by atoms with Crippen LogP contribution in [0.5, 0.6) is 5.75 Å². The first-order valence-corrected chi connectivity index (χ1v) is 5.67. The highest BCUT2D eigenvalue weighted by atomic mass is 16.4. The van der Waals surface area contributed by atoms with Crippen molar-refractivity contribution < 1.29 is 19.8 Å². The van der Waals surface area contributed by atoms with E-state index in [0.29, 0.717) is 16.7 Å². The monoisotopic (exact) mass is 256 g/mol. The van der Waals surface area contributed by atoms with Gasteiger partial charge < -0.3 is 10.2 Å². The zero-order chi connectivity index (χ0) is 14.0. The smallest absolute Gasteiger partial charge is 0.335 e. The summed E-state index contributed by atoms with van der Waals surface area (Å²) in [5.74, 6) is -1.28. The van der Waals surface area contributed by atoms with Crippen LogP contribution in [0.15, 0.2) is 42.5 Å². The van der Waals surface area contributed by atoms with Crippen molar-refractivity contribution in [3.63, 3.8) is 0 Å². The molecule has 0 heterocycles. The van der Waals surface area contributed by atoms with Gasteiger partial charge in [-0.05, 0) is 30.7 Å². The standard InChI is InChI=1S/C15H12O4/c1-9(16)11-4-2-3-5-12(11)13-8-10(15(18)19)6-7-14(13)17/h2-8,17H,1H3,(H,18,19). The summed E-state index contributed by atoms with van der Waals surface area (Å²) < 4.78 is 0. The largest absolute Gasteiger partial charge is 0.507 e. The molecule has 0 atom stereocenters. The predicted octanol–water partition coefficient (Wildman–Crippen LogP) is 2.96. The van der Waals surface area contributed by atoms with Crippen molar-refractivity contribution in [2.45, 2.75) is 6.92 Å². The third kappa shape index (κ3) is 2.47. The molecular formula is C15H12O4. The van der Waals surface area contributed by atoms with E-state index in [0.717, 1.165) is 0 Å².